The van der Waals surface area contributed by atoms with E-state index in [1.54, 1.807) is 0 Å². The Morgan fingerprint density at radius 3 is 1.46 bits per heavy atom. The number of aryl methyl sites for hydroxylation is 1. The van der Waals surface area contributed by atoms with Gasteiger partial charge in [0.2, 0.25) is 0 Å². The van der Waals surface area contributed by atoms with Crippen molar-refractivity contribution in [3.05, 3.63) is 133 Å². The van der Waals surface area contributed by atoms with E-state index in [4.69, 9.17) is 0 Å². The van der Waals surface area contributed by atoms with Gasteiger partial charge in [-0.3, -0.25) is 0 Å². The minimum absolute atomic E-state index is 1.25. The molecule has 0 radical (unpaired) electrons. The molecule has 0 saturated heterocycles. The van der Waals surface area contributed by atoms with Gasteiger partial charge in [-0.2, -0.15) is 0 Å². The standard InChI is InChI=1S/C35H24/c1-23-20-28(24-8-4-2-5-9-24)22-29(21-23)31-17-13-27-14-18-32-30(25-10-6-3-7-11-25)16-12-26-15-19-33(31)35(27)34(26)32/h2-22H,1H3. The Morgan fingerprint density at radius 2 is 0.857 bits per heavy atom. The maximum Gasteiger partial charge on any atom is -0.00203 e. The van der Waals surface area contributed by atoms with Gasteiger partial charge in [0, 0.05) is 0 Å². The molecule has 0 atom stereocenters. The van der Waals surface area contributed by atoms with Crippen molar-refractivity contribution in [2.24, 2.45) is 0 Å². The first kappa shape index (κ1) is 20.0. The highest BCUT2D eigenvalue weighted by atomic mass is 14.2. The highest BCUT2D eigenvalue weighted by molar-refractivity contribution is 6.27. The van der Waals surface area contributed by atoms with E-state index in [1.165, 1.54) is 71.3 Å². The van der Waals surface area contributed by atoms with Crippen LogP contribution >= 0.6 is 0 Å². The van der Waals surface area contributed by atoms with Crippen LogP contribution in [0.1, 0.15) is 5.56 Å². The van der Waals surface area contributed by atoms with Crippen molar-refractivity contribution < 1.29 is 0 Å². The zero-order valence-corrected chi connectivity index (χ0v) is 19.6. The molecule has 7 rings (SSSR count). The summed E-state index contributed by atoms with van der Waals surface area (Å²) in [4.78, 5) is 0. The molecule has 0 aliphatic carbocycles. The van der Waals surface area contributed by atoms with Crippen LogP contribution in [0.4, 0.5) is 0 Å². The molecule has 0 N–H and O–H groups in total. The zero-order chi connectivity index (χ0) is 23.4. The lowest BCUT2D eigenvalue weighted by Crippen LogP contribution is -1.90. The van der Waals surface area contributed by atoms with E-state index in [2.05, 4.69) is 134 Å². The summed E-state index contributed by atoms with van der Waals surface area (Å²) < 4.78 is 0. The van der Waals surface area contributed by atoms with Crippen LogP contribution in [0.15, 0.2) is 127 Å². The number of hydrogen-bond donors (Lipinski definition) is 0. The average Bonchev–Trinajstić information content (AvgIpc) is 2.92. The van der Waals surface area contributed by atoms with Crippen LogP contribution in [0.2, 0.25) is 0 Å². The molecule has 0 heteroatoms. The number of benzene rings is 7. The van der Waals surface area contributed by atoms with Crippen LogP contribution in [0, 0.1) is 6.92 Å². The summed E-state index contributed by atoms with van der Waals surface area (Å²) in [5, 5.41) is 7.94. The maximum absolute atomic E-state index is 2.34. The Kier molecular flexibility index (Phi) is 4.47. The van der Waals surface area contributed by atoms with E-state index >= 15 is 0 Å². The fourth-order valence-electron chi connectivity index (χ4n) is 5.66. The second-order valence-corrected chi connectivity index (χ2v) is 9.47. The molecule has 7 aromatic carbocycles. The number of rotatable bonds is 3. The summed E-state index contributed by atoms with van der Waals surface area (Å²) in [5.41, 5.74) is 8.90. The topological polar surface area (TPSA) is 0 Å². The van der Waals surface area contributed by atoms with E-state index in [0.717, 1.165) is 0 Å². The quantitative estimate of drug-likeness (QED) is 0.238. The van der Waals surface area contributed by atoms with Crippen molar-refractivity contribution >= 4 is 32.3 Å². The SMILES string of the molecule is Cc1cc(-c2ccccc2)cc(-c2ccc3ccc4c(-c5ccccc5)ccc5ccc2c3c54)c1. The molecule has 0 saturated carbocycles. The summed E-state index contributed by atoms with van der Waals surface area (Å²) >= 11 is 0. The van der Waals surface area contributed by atoms with Crippen molar-refractivity contribution in [1.29, 1.82) is 0 Å². The molecule has 0 spiro atoms. The lowest BCUT2D eigenvalue weighted by Gasteiger charge is -2.17. The molecule has 0 aromatic heterocycles. The van der Waals surface area contributed by atoms with Gasteiger partial charge in [0.1, 0.15) is 0 Å². The third kappa shape index (κ3) is 3.22. The predicted octanol–water partition coefficient (Wildman–Crippen LogP) is 9.89. The van der Waals surface area contributed by atoms with Gasteiger partial charge in [0.15, 0.2) is 0 Å². The fourth-order valence-corrected chi connectivity index (χ4v) is 5.66. The summed E-state index contributed by atoms with van der Waals surface area (Å²) in [6.07, 6.45) is 0. The van der Waals surface area contributed by atoms with Crippen molar-refractivity contribution in [3.63, 3.8) is 0 Å². The van der Waals surface area contributed by atoms with Gasteiger partial charge in [-0.15, -0.1) is 0 Å². The predicted molar refractivity (Wildman–Crippen MR) is 151 cm³/mol. The molecule has 0 bridgehead atoms. The normalized spacial score (nSPS) is 11.6. The van der Waals surface area contributed by atoms with Gasteiger partial charge in [0.05, 0.1) is 0 Å². The molecule has 0 nitrogen and oxygen atoms in total. The second kappa shape index (κ2) is 7.82. The van der Waals surface area contributed by atoms with Gasteiger partial charge in [-0.1, -0.05) is 121 Å². The Morgan fingerprint density at radius 1 is 0.371 bits per heavy atom. The molecule has 0 unspecified atom stereocenters. The van der Waals surface area contributed by atoms with Gasteiger partial charge >= 0.3 is 0 Å². The van der Waals surface area contributed by atoms with Crippen LogP contribution in [-0.2, 0) is 0 Å². The van der Waals surface area contributed by atoms with Gasteiger partial charge < -0.3 is 0 Å². The number of hydrogen-bond acceptors (Lipinski definition) is 0. The summed E-state index contributed by atoms with van der Waals surface area (Å²) in [5.74, 6) is 0. The first-order valence-electron chi connectivity index (χ1n) is 12.2. The molecule has 0 aliphatic rings. The van der Waals surface area contributed by atoms with E-state index < -0.39 is 0 Å². The monoisotopic (exact) mass is 444 g/mol. The van der Waals surface area contributed by atoms with Gasteiger partial charge in [-0.25, -0.2) is 0 Å². The Bertz CT molecular complexity index is 1830. The van der Waals surface area contributed by atoms with E-state index in [-0.39, 0.29) is 0 Å². The molecular formula is C35H24. The molecular weight excluding hydrogens is 420 g/mol. The van der Waals surface area contributed by atoms with Crippen molar-refractivity contribution in [1.82, 2.24) is 0 Å². The largest absolute Gasteiger partial charge is 0.0622 e. The smallest absolute Gasteiger partial charge is 0.00203 e. The third-order valence-corrected chi connectivity index (χ3v) is 7.24. The Hall–Kier alpha value is -4.42. The lowest BCUT2D eigenvalue weighted by atomic mass is 9.86. The molecule has 0 aliphatic heterocycles. The highest BCUT2D eigenvalue weighted by Gasteiger charge is 2.15. The second-order valence-electron chi connectivity index (χ2n) is 9.47. The van der Waals surface area contributed by atoms with Crippen LogP contribution < -0.4 is 0 Å². The maximum atomic E-state index is 2.34. The highest BCUT2D eigenvalue weighted by Crippen LogP contribution is 2.42. The molecule has 35 heavy (non-hydrogen) atoms. The van der Waals surface area contributed by atoms with Crippen molar-refractivity contribution in [3.8, 4) is 33.4 Å². The molecule has 164 valence electrons. The summed E-state index contributed by atoms with van der Waals surface area (Å²) in [7, 11) is 0. The summed E-state index contributed by atoms with van der Waals surface area (Å²) in [6, 6.07) is 46.6. The summed E-state index contributed by atoms with van der Waals surface area (Å²) in [6.45, 7) is 2.19. The fraction of sp³-hybridized carbons (Fsp3) is 0.0286. The van der Waals surface area contributed by atoms with E-state index in [9.17, 15) is 0 Å². The van der Waals surface area contributed by atoms with Crippen LogP contribution in [0.5, 0.6) is 0 Å². The van der Waals surface area contributed by atoms with Crippen molar-refractivity contribution in [2.75, 3.05) is 0 Å². The van der Waals surface area contributed by atoms with Crippen LogP contribution in [-0.4, -0.2) is 0 Å². The minimum atomic E-state index is 1.25. The first-order valence-corrected chi connectivity index (χ1v) is 12.2. The average molecular weight is 445 g/mol. The lowest BCUT2D eigenvalue weighted by molar-refractivity contribution is 1.46. The van der Waals surface area contributed by atoms with Gasteiger partial charge in [0.25, 0.3) is 0 Å². The van der Waals surface area contributed by atoms with E-state index in [0.29, 0.717) is 0 Å². The minimum Gasteiger partial charge on any atom is -0.0622 e. The Balaban J connectivity index is 1.52. The zero-order valence-electron chi connectivity index (χ0n) is 19.6. The van der Waals surface area contributed by atoms with Crippen molar-refractivity contribution in [2.45, 2.75) is 6.92 Å². The van der Waals surface area contributed by atoms with Crippen LogP contribution in [0.3, 0.4) is 0 Å². The molecule has 0 heterocycles. The third-order valence-electron chi connectivity index (χ3n) is 7.24. The Labute approximate surface area is 205 Å². The molecule has 7 aromatic rings. The van der Waals surface area contributed by atoms with Gasteiger partial charge in [-0.05, 0) is 84.3 Å². The van der Waals surface area contributed by atoms with Crippen LogP contribution in [0.25, 0.3) is 65.7 Å². The molecule has 0 amide bonds. The van der Waals surface area contributed by atoms with E-state index in [1.807, 2.05) is 0 Å². The first-order chi connectivity index (χ1) is 17.3. The molecule has 0 fully saturated rings.